The lowest BCUT2D eigenvalue weighted by Crippen LogP contribution is -2.25. The third kappa shape index (κ3) is 6.92. The normalized spacial score (nSPS) is 17.6. The molecule has 0 spiro atoms. The number of unbranched alkanes of at least 4 members (excludes halogenated alkanes) is 2. The molecule has 4 nitrogen and oxygen atoms in total. The highest BCUT2D eigenvalue weighted by atomic mass is 16.5. The average molecular weight is 284 g/mol. The Morgan fingerprint density at radius 3 is 2.50 bits per heavy atom. The first-order chi connectivity index (χ1) is 9.63. The Labute approximate surface area is 121 Å². The van der Waals surface area contributed by atoms with E-state index < -0.39 is 11.9 Å². The highest BCUT2D eigenvalue weighted by Gasteiger charge is 2.27. The summed E-state index contributed by atoms with van der Waals surface area (Å²) >= 11 is 0. The first kappa shape index (κ1) is 17.0. The fourth-order valence-electron chi connectivity index (χ4n) is 2.94. The standard InChI is InChI=1S/C16H28O4/c1-2-3-7-10-20-16(19)14(12-15(17)18)11-13-8-5-4-6-9-13/h13-14H,2-12H2,1H3,(H,17,18). The summed E-state index contributed by atoms with van der Waals surface area (Å²) < 4.78 is 5.25. The Hall–Kier alpha value is -1.06. The van der Waals surface area contributed by atoms with Crippen LogP contribution in [-0.2, 0) is 14.3 Å². The summed E-state index contributed by atoms with van der Waals surface area (Å²) in [7, 11) is 0. The van der Waals surface area contributed by atoms with Crippen molar-refractivity contribution in [3.8, 4) is 0 Å². The fourth-order valence-corrected chi connectivity index (χ4v) is 2.94. The van der Waals surface area contributed by atoms with Crippen molar-refractivity contribution in [2.75, 3.05) is 6.61 Å². The van der Waals surface area contributed by atoms with Crippen LogP contribution in [-0.4, -0.2) is 23.7 Å². The highest BCUT2D eigenvalue weighted by Crippen LogP contribution is 2.30. The van der Waals surface area contributed by atoms with Crippen LogP contribution >= 0.6 is 0 Å². The monoisotopic (exact) mass is 284 g/mol. The molecular weight excluding hydrogens is 256 g/mol. The topological polar surface area (TPSA) is 63.6 Å². The minimum atomic E-state index is -0.906. The molecule has 0 heterocycles. The number of ether oxygens (including phenoxy) is 1. The zero-order chi connectivity index (χ0) is 14.8. The van der Waals surface area contributed by atoms with Crippen LogP contribution in [0.25, 0.3) is 0 Å². The van der Waals surface area contributed by atoms with E-state index in [0.717, 1.165) is 32.1 Å². The first-order valence-corrected chi connectivity index (χ1v) is 8.02. The van der Waals surface area contributed by atoms with E-state index in [1.54, 1.807) is 0 Å². The minimum Gasteiger partial charge on any atom is -0.481 e. The molecule has 1 atom stereocenters. The van der Waals surface area contributed by atoms with Crippen LogP contribution in [0.5, 0.6) is 0 Å². The van der Waals surface area contributed by atoms with Crippen LogP contribution in [0.2, 0.25) is 0 Å². The second-order valence-corrected chi connectivity index (χ2v) is 5.91. The van der Waals surface area contributed by atoms with Gasteiger partial charge in [0.05, 0.1) is 18.9 Å². The summed E-state index contributed by atoms with van der Waals surface area (Å²) in [6.07, 6.45) is 9.50. The highest BCUT2D eigenvalue weighted by molar-refractivity contribution is 5.79. The van der Waals surface area contributed by atoms with Crippen molar-refractivity contribution in [2.45, 2.75) is 71.1 Å². The van der Waals surface area contributed by atoms with Crippen molar-refractivity contribution in [3.05, 3.63) is 0 Å². The number of carbonyl (C=O) groups is 2. The van der Waals surface area contributed by atoms with Gasteiger partial charge in [0.15, 0.2) is 0 Å². The van der Waals surface area contributed by atoms with Gasteiger partial charge in [-0.1, -0.05) is 51.9 Å². The molecule has 1 saturated carbocycles. The maximum atomic E-state index is 12.0. The Bertz CT molecular complexity index is 295. The number of aliphatic carboxylic acids is 1. The zero-order valence-electron chi connectivity index (χ0n) is 12.6. The van der Waals surface area contributed by atoms with E-state index in [1.165, 1.54) is 19.3 Å². The summed E-state index contributed by atoms with van der Waals surface area (Å²) in [5.74, 6) is -1.18. The summed E-state index contributed by atoms with van der Waals surface area (Å²) in [6, 6.07) is 0. The number of esters is 1. The van der Waals surface area contributed by atoms with Gasteiger partial charge in [-0.25, -0.2) is 0 Å². The summed E-state index contributed by atoms with van der Waals surface area (Å²) in [5.41, 5.74) is 0. The number of carboxylic acids is 1. The van der Waals surface area contributed by atoms with E-state index in [1.807, 2.05) is 0 Å². The predicted molar refractivity (Wildman–Crippen MR) is 77.4 cm³/mol. The number of rotatable bonds is 9. The van der Waals surface area contributed by atoms with Gasteiger partial charge in [0.1, 0.15) is 0 Å². The molecule has 1 unspecified atom stereocenters. The molecular formula is C16H28O4. The number of carbonyl (C=O) groups excluding carboxylic acids is 1. The van der Waals surface area contributed by atoms with Crippen LogP contribution in [0.3, 0.4) is 0 Å². The maximum absolute atomic E-state index is 12.0. The van der Waals surface area contributed by atoms with Crippen LogP contribution in [0.4, 0.5) is 0 Å². The lowest BCUT2D eigenvalue weighted by Gasteiger charge is -2.25. The van der Waals surface area contributed by atoms with Crippen LogP contribution in [0.1, 0.15) is 71.1 Å². The van der Waals surface area contributed by atoms with E-state index in [0.29, 0.717) is 18.9 Å². The van der Waals surface area contributed by atoms with Gasteiger partial charge >= 0.3 is 11.9 Å². The third-order valence-corrected chi connectivity index (χ3v) is 4.09. The molecule has 0 aliphatic heterocycles. The van der Waals surface area contributed by atoms with E-state index in [9.17, 15) is 9.59 Å². The van der Waals surface area contributed by atoms with Gasteiger partial charge in [0.2, 0.25) is 0 Å². The molecule has 1 N–H and O–H groups in total. The molecule has 0 aromatic carbocycles. The second kappa shape index (κ2) is 9.78. The molecule has 0 saturated heterocycles. The smallest absolute Gasteiger partial charge is 0.309 e. The van der Waals surface area contributed by atoms with Gasteiger partial charge in [0, 0.05) is 0 Å². The fraction of sp³-hybridized carbons (Fsp3) is 0.875. The molecule has 0 aromatic rings. The zero-order valence-corrected chi connectivity index (χ0v) is 12.6. The Morgan fingerprint density at radius 2 is 1.90 bits per heavy atom. The Morgan fingerprint density at radius 1 is 1.20 bits per heavy atom. The van der Waals surface area contributed by atoms with E-state index >= 15 is 0 Å². The molecule has 1 aliphatic carbocycles. The van der Waals surface area contributed by atoms with Gasteiger partial charge < -0.3 is 9.84 Å². The summed E-state index contributed by atoms with van der Waals surface area (Å²) in [6.45, 7) is 2.52. The van der Waals surface area contributed by atoms with Crippen molar-refractivity contribution in [3.63, 3.8) is 0 Å². The largest absolute Gasteiger partial charge is 0.481 e. The van der Waals surface area contributed by atoms with Crippen molar-refractivity contribution in [2.24, 2.45) is 11.8 Å². The third-order valence-electron chi connectivity index (χ3n) is 4.09. The van der Waals surface area contributed by atoms with Crippen molar-refractivity contribution in [1.82, 2.24) is 0 Å². The number of hydrogen-bond donors (Lipinski definition) is 1. The molecule has 1 fully saturated rings. The maximum Gasteiger partial charge on any atom is 0.309 e. The molecule has 116 valence electrons. The molecule has 0 amide bonds. The molecule has 0 aromatic heterocycles. The average Bonchev–Trinajstić information content (AvgIpc) is 2.43. The molecule has 1 aliphatic rings. The van der Waals surface area contributed by atoms with Crippen molar-refractivity contribution < 1.29 is 19.4 Å². The quantitative estimate of drug-likeness (QED) is 0.517. The lowest BCUT2D eigenvalue weighted by atomic mass is 9.82. The van der Waals surface area contributed by atoms with Gasteiger partial charge in [0.25, 0.3) is 0 Å². The summed E-state index contributed by atoms with van der Waals surface area (Å²) in [5, 5.41) is 8.96. The van der Waals surface area contributed by atoms with Crippen LogP contribution in [0.15, 0.2) is 0 Å². The van der Waals surface area contributed by atoms with E-state index in [-0.39, 0.29) is 12.4 Å². The van der Waals surface area contributed by atoms with Crippen LogP contribution in [0, 0.1) is 11.8 Å². The summed E-state index contributed by atoms with van der Waals surface area (Å²) in [4.78, 5) is 23.0. The van der Waals surface area contributed by atoms with Gasteiger partial charge in [-0.05, 0) is 18.8 Å². The molecule has 0 radical (unpaired) electrons. The minimum absolute atomic E-state index is 0.0941. The van der Waals surface area contributed by atoms with E-state index in [4.69, 9.17) is 9.84 Å². The first-order valence-electron chi connectivity index (χ1n) is 8.02. The van der Waals surface area contributed by atoms with Gasteiger partial charge in [-0.2, -0.15) is 0 Å². The second-order valence-electron chi connectivity index (χ2n) is 5.91. The molecule has 0 bridgehead atoms. The van der Waals surface area contributed by atoms with Gasteiger partial charge in [-0.15, -0.1) is 0 Å². The molecule has 1 rings (SSSR count). The molecule has 4 heteroatoms. The van der Waals surface area contributed by atoms with E-state index in [2.05, 4.69) is 6.92 Å². The van der Waals surface area contributed by atoms with Crippen molar-refractivity contribution in [1.29, 1.82) is 0 Å². The van der Waals surface area contributed by atoms with Crippen molar-refractivity contribution >= 4 is 11.9 Å². The van der Waals surface area contributed by atoms with Gasteiger partial charge in [-0.3, -0.25) is 9.59 Å². The Balaban J connectivity index is 2.40. The SMILES string of the molecule is CCCCCOC(=O)C(CC(=O)O)CC1CCCCC1. The number of carboxylic acid groups (broad SMARTS) is 1. The lowest BCUT2D eigenvalue weighted by molar-refractivity contribution is -0.154. The Kier molecular flexibility index (Phi) is 8.31. The number of hydrogen-bond acceptors (Lipinski definition) is 3. The molecule has 20 heavy (non-hydrogen) atoms. The predicted octanol–water partition coefficient (Wildman–Crippen LogP) is 3.78. The van der Waals surface area contributed by atoms with Crippen LogP contribution < -0.4 is 0 Å².